The molecule has 1 aromatic rings. The van der Waals surface area contributed by atoms with E-state index in [0.29, 0.717) is 5.92 Å². The van der Waals surface area contributed by atoms with E-state index in [1.807, 2.05) is 19.9 Å². The summed E-state index contributed by atoms with van der Waals surface area (Å²) in [5.74, 6) is 0.238. The second-order valence-electron chi connectivity index (χ2n) is 3.91. The molecule has 0 spiro atoms. The molecule has 1 nitrogen and oxygen atoms in total. The Hall–Kier alpha value is -0.920. The molecule has 1 rings (SSSR count). The summed E-state index contributed by atoms with van der Waals surface area (Å²) in [4.78, 5) is 3.68. The quantitative estimate of drug-likeness (QED) is 0.637. The summed E-state index contributed by atoms with van der Waals surface area (Å²) >= 11 is 0. The number of hydrogen-bond donors (Lipinski definition) is 0. The minimum absolute atomic E-state index is 0.200. The number of halogens is 1. The Morgan fingerprint density at radius 2 is 1.77 bits per heavy atom. The SMILES string of the molecule is CC(C)c1ccnc(F)c1C(C)C. The normalized spacial score (nSPS) is 11.3. The summed E-state index contributed by atoms with van der Waals surface area (Å²) in [6, 6.07) is 1.91. The second kappa shape index (κ2) is 3.86. The van der Waals surface area contributed by atoms with E-state index in [2.05, 4.69) is 18.8 Å². The van der Waals surface area contributed by atoms with E-state index < -0.39 is 0 Å². The summed E-state index contributed by atoms with van der Waals surface area (Å²) in [5, 5.41) is 0. The summed E-state index contributed by atoms with van der Waals surface area (Å²) in [6.07, 6.45) is 1.54. The lowest BCUT2D eigenvalue weighted by molar-refractivity contribution is 0.549. The molecule has 2 heteroatoms. The Balaban J connectivity index is 3.26. The van der Waals surface area contributed by atoms with E-state index in [1.165, 1.54) is 6.20 Å². The lowest BCUT2D eigenvalue weighted by atomic mass is 9.92. The van der Waals surface area contributed by atoms with E-state index in [9.17, 15) is 4.39 Å². The maximum atomic E-state index is 13.4. The number of hydrogen-bond acceptors (Lipinski definition) is 1. The molecule has 0 atom stereocenters. The third-order valence-electron chi connectivity index (χ3n) is 2.17. The maximum absolute atomic E-state index is 13.4. The fraction of sp³-hybridized carbons (Fsp3) is 0.545. The van der Waals surface area contributed by atoms with Crippen molar-refractivity contribution in [1.29, 1.82) is 0 Å². The average molecular weight is 181 g/mol. The van der Waals surface area contributed by atoms with Crippen LogP contribution in [-0.2, 0) is 0 Å². The molecular weight excluding hydrogens is 165 g/mol. The predicted octanol–water partition coefficient (Wildman–Crippen LogP) is 3.47. The van der Waals surface area contributed by atoms with E-state index in [4.69, 9.17) is 0 Å². The molecule has 72 valence electrons. The van der Waals surface area contributed by atoms with Crippen molar-refractivity contribution < 1.29 is 4.39 Å². The van der Waals surface area contributed by atoms with Gasteiger partial charge in [-0.15, -0.1) is 0 Å². The van der Waals surface area contributed by atoms with E-state index in [1.54, 1.807) is 0 Å². The van der Waals surface area contributed by atoms with Gasteiger partial charge in [0.2, 0.25) is 5.95 Å². The van der Waals surface area contributed by atoms with E-state index >= 15 is 0 Å². The van der Waals surface area contributed by atoms with Crippen LogP contribution in [0, 0.1) is 5.95 Å². The van der Waals surface area contributed by atoms with Crippen LogP contribution in [0.5, 0.6) is 0 Å². The zero-order chi connectivity index (χ0) is 10.0. The standard InChI is InChI=1S/C11H16FN/c1-7(2)9-5-6-13-11(12)10(9)8(3)4/h5-8H,1-4H3. The summed E-state index contributed by atoms with van der Waals surface area (Å²) in [5.41, 5.74) is 1.83. The lowest BCUT2D eigenvalue weighted by Gasteiger charge is -2.15. The topological polar surface area (TPSA) is 12.9 Å². The molecule has 0 radical (unpaired) electrons. The van der Waals surface area contributed by atoms with Crippen molar-refractivity contribution >= 4 is 0 Å². The van der Waals surface area contributed by atoms with Crippen LogP contribution in [0.1, 0.15) is 50.7 Å². The first-order valence-electron chi connectivity index (χ1n) is 4.68. The van der Waals surface area contributed by atoms with Crippen LogP contribution in [0.25, 0.3) is 0 Å². The van der Waals surface area contributed by atoms with Gasteiger partial charge in [-0.1, -0.05) is 27.7 Å². The molecule has 0 amide bonds. The van der Waals surface area contributed by atoms with Gasteiger partial charge in [0.15, 0.2) is 0 Å². The van der Waals surface area contributed by atoms with Gasteiger partial charge in [-0.05, 0) is 23.5 Å². The molecule has 0 saturated carbocycles. The summed E-state index contributed by atoms with van der Waals surface area (Å²) in [6.45, 7) is 8.12. The first-order chi connectivity index (χ1) is 6.04. The van der Waals surface area contributed by atoms with Crippen LogP contribution in [0.4, 0.5) is 4.39 Å². The molecule has 0 bridgehead atoms. The molecule has 13 heavy (non-hydrogen) atoms. The molecular formula is C11H16FN. The first kappa shape index (κ1) is 10.2. The molecule has 1 heterocycles. The van der Waals surface area contributed by atoms with Crippen LogP contribution in [0.15, 0.2) is 12.3 Å². The van der Waals surface area contributed by atoms with Crippen molar-refractivity contribution in [2.24, 2.45) is 0 Å². The van der Waals surface area contributed by atoms with Crippen molar-refractivity contribution in [2.75, 3.05) is 0 Å². The lowest BCUT2D eigenvalue weighted by Crippen LogP contribution is -2.03. The number of rotatable bonds is 2. The Bertz CT molecular complexity index is 292. The van der Waals surface area contributed by atoms with Crippen LogP contribution >= 0.6 is 0 Å². The third-order valence-corrected chi connectivity index (χ3v) is 2.17. The highest BCUT2D eigenvalue weighted by Crippen LogP contribution is 2.26. The van der Waals surface area contributed by atoms with Gasteiger partial charge in [0.05, 0.1) is 0 Å². The van der Waals surface area contributed by atoms with Gasteiger partial charge in [0.25, 0.3) is 0 Å². The molecule has 0 N–H and O–H groups in total. The molecule has 0 aliphatic carbocycles. The zero-order valence-corrected chi connectivity index (χ0v) is 8.63. The molecule has 0 saturated heterocycles. The molecule has 0 unspecified atom stereocenters. The van der Waals surface area contributed by atoms with Gasteiger partial charge in [-0.25, -0.2) is 4.98 Å². The Kier molecular flexibility index (Phi) is 3.02. The van der Waals surface area contributed by atoms with Gasteiger partial charge >= 0.3 is 0 Å². The molecule has 0 fully saturated rings. The largest absolute Gasteiger partial charge is 0.228 e. The Morgan fingerprint density at radius 3 is 2.15 bits per heavy atom. The van der Waals surface area contributed by atoms with Crippen LogP contribution in [0.3, 0.4) is 0 Å². The highest BCUT2D eigenvalue weighted by Gasteiger charge is 2.14. The molecule has 1 aromatic heterocycles. The second-order valence-corrected chi connectivity index (χ2v) is 3.91. The van der Waals surface area contributed by atoms with Gasteiger partial charge in [0.1, 0.15) is 0 Å². The fourth-order valence-electron chi connectivity index (χ4n) is 1.54. The highest BCUT2D eigenvalue weighted by molar-refractivity contribution is 5.29. The average Bonchev–Trinajstić information content (AvgIpc) is 2.02. The predicted molar refractivity (Wildman–Crippen MR) is 52.4 cm³/mol. The van der Waals surface area contributed by atoms with Crippen molar-refractivity contribution in [3.8, 4) is 0 Å². The Labute approximate surface area is 79.0 Å². The maximum Gasteiger partial charge on any atom is 0.216 e. The first-order valence-corrected chi connectivity index (χ1v) is 4.68. The molecule has 0 aliphatic rings. The zero-order valence-electron chi connectivity index (χ0n) is 8.63. The molecule has 0 aliphatic heterocycles. The number of nitrogens with zero attached hydrogens (tertiary/aromatic N) is 1. The van der Waals surface area contributed by atoms with Gasteiger partial charge in [0, 0.05) is 11.8 Å². The van der Waals surface area contributed by atoms with Gasteiger partial charge in [-0.2, -0.15) is 4.39 Å². The smallest absolute Gasteiger partial charge is 0.216 e. The van der Waals surface area contributed by atoms with Crippen LogP contribution in [0.2, 0.25) is 0 Å². The van der Waals surface area contributed by atoms with Crippen LogP contribution < -0.4 is 0 Å². The van der Waals surface area contributed by atoms with E-state index in [0.717, 1.165) is 11.1 Å². The summed E-state index contributed by atoms with van der Waals surface area (Å²) < 4.78 is 13.4. The van der Waals surface area contributed by atoms with Crippen molar-refractivity contribution in [2.45, 2.75) is 39.5 Å². The molecule has 0 aromatic carbocycles. The minimum atomic E-state index is -0.318. The van der Waals surface area contributed by atoms with E-state index in [-0.39, 0.29) is 11.9 Å². The minimum Gasteiger partial charge on any atom is -0.228 e. The highest BCUT2D eigenvalue weighted by atomic mass is 19.1. The van der Waals surface area contributed by atoms with Gasteiger partial charge in [-0.3, -0.25) is 0 Å². The third kappa shape index (κ3) is 2.06. The number of pyridine rings is 1. The number of aromatic nitrogens is 1. The van der Waals surface area contributed by atoms with Gasteiger partial charge < -0.3 is 0 Å². The van der Waals surface area contributed by atoms with Crippen molar-refractivity contribution in [1.82, 2.24) is 4.98 Å². The fourth-order valence-corrected chi connectivity index (χ4v) is 1.54. The Morgan fingerprint density at radius 1 is 1.15 bits per heavy atom. The van der Waals surface area contributed by atoms with Crippen LogP contribution in [-0.4, -0.2) is 4.98 Å². The van der Waals surface area contributed by atoms with Crippen molar-refractivity contribution in [3.05, 3.63) is 29.3 Å². The summed E-state index contributed by atoms with van der Waals surface area (Å²) in [7, 11) is 0. The van der Waals surface area contributed by atoms with Crippen molar-refractivity contribution in [3.63, 3.8) is 0 Å². The monoisotopic (exact) mass is 181 g/mol.